The maximum atomic E-state index is 11.9. The van der Waals surface area contributed by atoms with Crippen LogP contribution in [0, 0.1) is 5.92 Å². The molecule has 1 aromatic carbocycles. The Morgan fingerprint density at radius 3 is 2.42 bits per heavy atom. The van der Waals surface area contributed by atoms with Crippen molar-refractivity contribution in [1.82, 2.24) is 0 Å². The van der Waals surface area contributed by atoms with Gasteiger partial charge in [0.05, 0.1) is 0 Å². The Labute approximate surface area is 108 Å². The zero-order valence-electron chi connectivity index (χ0n) is 10.3. The van der Waals surface area contributed by atoms with E-state index in [-0.39, 0.29) is 17.6 Å². The number of alkyl halides is 3. The molecule has 0 saturated heterocycles. The molecule has 0 bridgehead atoms. The first-order valence-corrected chi connectivity index (χ1v) is 5.68. The van der Waals surface area contributed by atoms with E-state index < -0.39 is 6.36 Å². The largest absolute Gasteiger partial charge is 0.573 e. The summed E-state index contributed by atoms with van der Waals surface area (Å²) in [6, 6.07) is 4.95. The van der Waals surface area contributed by atoms with E-state index >= 15 is 0 Å². The van der Waals surface area contributed by atoms with Crippen LogP contribution < -0.4 is 15.8 Å². The van der Waals surface area contributed by atoms with Crippen molar-refractivity contribution in [2.75, 3.05) is 11.9 Å². The summed E-state index contributed by atoms with van der Waals surface area (Å²) in [6.45, 7) is 2.12. The minimum absolute atomic E-state index is 0.227. The number of amides is 1. The molecule has 1 aromatic rings. The molecule has 3 N–H and O–H groups in total. The molecule has 0 heterocycles. The lowest BCUT2D eigenvalue weighted by Gasteiger charge is -2.12. The van der Waals surface area contributed by atoms with Crippen molar-refractivity contribution in [3.8, 4) is 5.75 Å². The SMILES string of the molecule is CC(CCN)C(=O)Nc1ccc(OC(F)(F)F)cc1. The van der Waals surface area contributed by atoms with Gasteiger partial charge in [0.15, 0.2) is 0 Å². The molecule has 0 aliphatic heterocycles. The molecule has 106 valence electrons. The second kappa shape index (κ2) is 6.42. The molecule has 0 aliphatic rings. The summed E-state index contributed by atoms with van der Waals surface area (Å²) < 4.78 is 39.5. The minimum atomic E-state index is -4.72. The van der Waals surface area contributed by atoms with Crippen LogP contribution >= 0.6 is 0 Å². The van der Waals surface area contributed by atoms with Gasteiger partial charge in [0.25, 0.3) is 0 Å². The van der Waals surface area contributed by atoms with Crippen LogP contribution in [-0.2, 0) is 4.79 Å². The highest BCUT2D eigenvalue weighted by Gasteiger charge is 2.30. The van der Waals surface area contributed by atoms with E-state index in [0.29, 0.717) is 18.7 Å². The third-order valence-electron chi connectivity index (χ3n) is 2.40. The van der Waals surface area contributed by atoms with Gasteiger partial charge in [-0.3, -0.25) is 4.79 Å². The first-order chi connectivity index (χ1) is 8.81. The van der Waals surface area contributed by atoms with E-state index in [1.165, 1.54) is 12.1 Å². The molecule has 1 rings (SSSR count). The second-order valence-electron chi connectivity index (χ2n) is 4.04. The Balaban J connectivity index is 2.59. The number of rotatable bonds is 5. The quantitative estimate of drug-likeness (QED) is 0.868. The maximum absolute atomic E-state index is 11.9. The third-order valence-corrected chi connectivity index (χ3v) is 2.40. The standard InChI is InChI=1S/C12H15F3N2O2/c1-8(6-7-16)11(18)17-9-2-4-10(5-3-9)19-12(13,14)15/h2-5,8H,6-7,16H2,1H3,(H,17,18). The van der Waals surface area contributed by atoms with Crippen LogP contribution in [0.1, 0.15) is 13.3 Å². The molecular formula is C12H15F3N2O2. The van der Waals surface area contributed by atoms with Crippen LogP contribution in [-0.4, -0.2) is 18.8 Å². The summed E-state index contributed by atoms with van der Waals surface area (Å²) in [5.41, 5.74) is 5.74. The predicted molar refractivity (Wildman–Crippen MR) is 64.6 cm³/mol. The fourth-order valence-electron chi connectivity index (χ4n) is 1.39. The third kappa shape index (κ3) is 5.60. The zero-order chi connectivity index (χ0) is 14.5. The highest BCUT2D eigenvalue weighted by atomic mass is 19.4. The molecule has 0 fully saturated rings. The van der Waals surface area contributed by atoms with Crippen molar-refractivity contribution in [2.45, 2.75) is 19.7 Å². The molecule has 1 atom stereocenters. The molecule has 0 aromatic heterocycles. The Bertz CT molecular complexity index is 418. The van der Waals surface area contributed by atoms with Crippen molar-refractivity contribution in [1.29, 1.82) is 0 Å². The average Bonchev–Trinajstić information content (AvgIpc) is 2.30. The monoisotopic (exact) mass is 276 g/mol. The van der Waals surface area contributed by atoms with E-state index in [4.69, 9.17) is 5.73 Å². The summed E-state index contributed by atoms with van der Waals surface area (Å²) in [4.78, 5) is 11.6. The smallest absolute Gasteiger partial charge is 0.406 e. The van der Waals surface area contributed by atoms with Crippen LogP contribution in [0.15, 0.2) is 24.3 Å². The van der Waals surface area contributed by atoms with E-state index in [9.17, 15) is 18.0 Å². The van der Waals surface area contributed by atoms with Gasteiger partial charge >= 0.3 is 6.36 Å². The van der Waals surface area contributed by atoms with E-state index in [1.807, 2.05) is 0 Å². The molecule has 1 unspecified atom stereocenters. The Kier molecular flexibility index (Phi) is 5.17. The van der Waals surface area contributed by atoms with Gasteiger partial charge in [-0.2, -0.15) is 0 Å². The van der Waals surface area contributed by atoms with Gasteiger partial charge in [-0.25, -0.2) is 0 Å². The molecule has 0 spiro atoms. The number of ether oxygens (including phenoxy) is 1. The molecule has 0 radical (unpaired) electrons. The van der Waals surface area contributed by atoms with Crippen molar-refractivity contribution in [3.05, 3.63) is 24.3 Å². The van der Waals surface area contributed by atoms with Crippen molar-refractivity contribution in [3.63, 3.8) is 0 Å². The Morgan fingerprint density at radius 1 is 1.37 bits per heavy atom. The van der Waals surface area contributed by atoms with E-state index in [1.54, 1.807) is 6.92 Å². The Morgan fingerprint density at radius 2 is 1.95 bits per heavy atom. The van der Waals surface area contributed by atoms with Crippen molar-refractivity contribution < 1.29 is 22.7 Å². The van der Waals surface area contributed by atoms with Gasteiger partial charge < -0.3 is 15.8 Å². The molecule has 1 amide bonds. The number of carbonyl (C=O) groups is 1. The predicted octanol–water partition coefficient (Wildman–Crippen LogP) is 2.51. The molecule has 7 heteroatoms. The number of benzene rings is 1. The van der Waals surface area contributed by atoms with Gasteiger partial charge in [-0.05, 0) is 37.2 Å². The second-order valence-corrected chi connectivity index (χ2v) is 4.04. The van der Waals surface area contributed by atoms with Gasteiger partial charge in [0.1, 0.15) is 5.75 Å². The van der Waals surface area contributed by atoms with Gasteiger partial charge in [0.2, 0.25) is 5.91 Å². The molecule has 19 heavy (non-hydrogen) atoms. The fourth-order valence-corrected chi connectivity index (χ4v) is 1.39. The van der Waals surface area contributed by atoms with E-state index in [2.05, 4.69) is 10.1 Å². The summed E-state index contributed by atoms with van der Waals surface area (Å²) >= 11 is 0. The van der Waals surface area contributed by atoms with Crippen LogP contribution in [0.2, 0.25) is 0 Å². The van der Waals surface area contributed by atoms with Crippen LogP contribution in [0.4, 0.5) is 18.9 Å². The molecular weight excluding hydrogens is 261 g/mol. The van der Waals surface area contributed by atoms with Crippen LogP contribution in [0.25, 0.3) is 0 Å². The first-order valence-electron chi connectivity index (χ1n) is 5.68. The first kappa shape index (κ1) is 15.3. The topological polar surface area (TPSA) is 64.4 Å². The highest BCUT2D eigenvalue weighted by molar-refractivity contribution is 5.92. The van der Waals surface area contributed by atoms with Gasteiger partial charge in [-0.1, -0.05) is 6.92 Å². The summed E-state index contributed by atoms with van der Waals surface area (Å²) in [7, 11) is 0. The van der Waals surface area contributed by atoms with E-state index in [0.717, 1.165) is 12.1 Å². The molecule has 4 nitrogen and oxygen atoms in total. The lowest BCUT2D eigenvalue weighted by molar-refractivity contribution is -0.274. The van der Waals surface area contributed by atoms with Crippen LogP contribution in [0.5, 0.6) is 5.75 Å². The number of hydrogen-bond acceptors (Lipinski definition) is 3. The number of anilines is 1. The Hall–Kier alpha value is -1.76. The minimum Gasteiger partial charge on any atom is -0.406 e. The van der Waals surface area contributed by atoms with Crippen molar-refractivity contribution in [2.24, 2.45) is 11.7 Å². The number of carbonyl (C=O) groups excluding carboxylic acids is 1. The summed E-state index contributed by atoms with van der Waals surface area (Å²) in [5.74, 6) is -0.813. The zero-order valence-corrected chi connectivity index (χ0v) is 10.3. The maximum Gasteiger partial charge on any atom is 0.573 e. The molecule has 0 saturated carbocycles. The fraction of sp³-hybridized carbons (Fsp3) is 0.417. The molecule has 0 aliphatic carbocycles. The number of halogens is 3. The summed E-state index contributed by atoms with van der Waals surface area (Å²) in [6.07, 6.45) is -4.18. The lowest BCUT2D eigenvalue weighted by Crippen LogP contribution is -2.22. The van der Waals surface area contributed by atoms with Crippen molar-refractivity contribution >= 4 is 11.6 Å². The number of nitrogens with one attached hydrogen (secondary N) is 1. The normalized spacial score (nSPS) is 12.9. The number of nitrogens with two attached hydrogens (primary N) is 1. The summed E-state index contributed by atoms with van der Waals surface area (Å²) in [5, 5.41) is 2.59. The average molecular weight is 276 g/mol. The van der Waals surface area contributed by atoms with Crippen LogP contribution in [0.3, 0.4) is 0 Å². The highest BCUT2D eigenvalue weighted by Crippen LogP contribution is 2.24. The van der Waals surface area contributed by atoms with Gasteiger partial charge in [-0.15, -0.1) is 13.2 Å². The lowest BCUT2D eigenvalue weighted by atomic mass is 10.1. The van der Waals surface area contributed by atoms with Gasteiger partial charge in [0, 0.05) is 11.6 Å². The number of hydrogen-bond donors (Lipinski definition) is 2.